The van der Waals surface area contributed by atoms with Crippen molar-refractivity contribution in [2.24, 2.45) is 0 Å². The number of hydrogen-bond donors (Lipinski definition) is 1. The van der Waals surface area contributed by atoms with E-state index in [0.717, 1.165) is 4.88 Å². The molecule has 4 rings (SSSR count). The topological polar surface area (TPSA) is 118 Å². The van der Waals surface area contributed by atoms with Gasteiger partial charge in [0.05, 0.1) is 23.4 Å². The molecule has 10 heteroatoms. The summed E-state index contributed by atoms with van der Waals surface area (Å²) < 4.78 is 10.4. The summed E-state index contributed by atoms with van der Waals surface area (Å²) in [6, 6.07) is 12.7. The van der Waals surface area contributed by atoms with E-state index >= 15 is 0 Å². The first-order valence-electron chi connectivity index (χ1n) is 8.36. The maximum Gasteiger partial charge on any atom is 0.270 e. The lowest BCUT2D eigenvalue weighted by atomic mass is 10.1. The summed E-state index contributed by atoms with van der Waals surface area (Å²) >= 11 is 2.76. The van der Waals surface area contributed by atoms with Gasteiger partial charge in [0.15, 0.2) is 5.16 Å². The smallest absolute Gasteiger partial charge is 0.270 e. The number of methoxy groups -OCH3 is 1. The number of thiophene rings is 1. The van der Waals surface area contributed by atoms with Gasteiger partial charge in [-0.1, -0.05) is 23.0 Å². The zero-order valence-electron chi connectivity index (χ0n) is 15.1. The molecule has 1 aromatic carbocycles. The minimum Gasteiger partial charge on any atom is -0.497 e. The maximum atomic E-state index is 12.4. The van der Waals surface area contributed by atoms with E-state index in [4.69, 9.17) is 9.26 Å². The number of benzene rings is 1. The zero-order valence-corrected chi connectivity index (χ0v) is 16.7. The SMILES string of the molecule is COc1ccc(-c2nc(SCc3nc(-c4cccs4)no3)[nH]c(=O)c2C#N)cc1. The molecule has 0 aliphatic rings. The number of ether oxygens (including phenoxy) is 1. The van der Waals surface area contributed by atoms with Gasteiger partial charge in [0, 0.05) is 5.56 Å². The molecule has 0 saturated carbocycles. The van der Waals surface area contributed by atoms with Gasteiger partial charge in [0.1, 0.15) is 17.4 Å². The van der Waals surface area contributed by atoms with Gasteiger partial charge in [-0.3, -0.25) is 4.79 Å². The van der Waals surface area contributed by atoms with Gasteiger partial charge in [0.25, 0.3) is 5.56 Å². The number of nitrogens with one attached hydrogen (secondary N) is 1. The molecule has 0 unspecified atom stereocenters. The lowest BCUT2D eigenvalue weighted by molar-refractivity contribution is 0.391. The molecule has 3 heterocycles. The molecular formula is C19H13N5O3S2. The highest BCUT2D eigenvalue weighted by Gasteiger charge is 2.15. The Hall–Kier alpha value is -3.42. The third-order valence-electron chi connectivity index (χ3n) is 3.91. The number of nitriles is 1. The van der Waals surface area contributed by atoms with Crippen molar-refractivity contribution in [3.8, 4) is 33.8 Å². The van der Waals surface area contributed by atoms with Gasteiger partial charge in [-0.25, -0.2) is 4.98 Å². The molecule has 29 heavy (non-hydrogen) atoms. The first-order valence-corrected chi connectivity index (χ1v) is 10.2. The summed E-state index contributed by atoms with van der Waals surface area (Å²) in [6.45, 7) is 0. The van der Waals surface area contributed by atoms with E-state index < -0.39 is 5.56 Å². The van der Waals surface area contributed by atoms with Crippen LogP contribution in [-0.2, 0) is 5.75 Å². The largest absolute Gasteiger partial charge is 0.497 e. The average Bonchev–Trinajstić information content (AvgIpc) is 3.43. The Balaban J connectivity index is 1.59. The number of hydrogen-bond acceptors (Lipinski definition) is 9. The summed E-state index contributed by atoms with van der Waals surface area (Å²) in [5.74, 6) is 1.94. The van der Waals surface area contributed by atoms with Crippen molar-refractivity contribution in [1.29, 1.82) is 5.26 Å². The highest BCUT2D eigenvalue weighted by molar-refractivity contribution is 7.98. The van der Waals surface area contributed by atoms with Crippen molar-refractivity contribution in [3.63, 3.8) is 0 Å². The van der Waals surface area contributed by atoms with Crippen LogP contribution >= 0.6 is 23.1 Å². The quantitative estimate of drug-likeness (QED) is 0.368. The zero-order chi connectivity index (χ0) is 20.2. The van der Waals surface area contributed by atoms with Crippen LogP contribution in [0.15, 0.2) is 56.3 Å². The molecule has 8 nitrogen and oxygen atoms in total. The van der Waals surface area contributed by atoms with Crippen LogP contribution in [0.3, 0.4) is 0 Å². The van der Waals surface area contributed by atoms with E-state index in [0.29, 0.717) is 39.6 Å². The van der Waals surface area contributed by atoms with Crippen LogP contribution < -0.4 is 10.3 Å². The molecule has 0 aliphatic heterocycles. The number of rotatable bonds is 6. The van der Waals surface area contributed by atoms with Gasteiger partial charge in [0.2, 0.25) is 11.7 Å². The van der Waals surface area contributed by atoms with Crippen LogP contribution in [0, 0.1) is 11.3 Å². The Morgan fingerprint density at radius 3 is 2.79 bits per heavy atom. The van der Waals surface area contributed by atoms with Crippen molar-refractivity contribution < 1.29 is 9.26 Å². The normalized spacial score (nSPS) is 10.6. The van der Waals surface area contributed by atoms with Crippen LogP contribution in [0.25, 0.3) is 22.0 Å². The van der Waals surface area contributed by atoms with Crippen molar-refractivity contribution in [2.45, 2.75) is 10.9 Å². The second kappa shape index (κ2) is 8.30. The molecule has 0 spiro atoms. The van der Waals surface area contributed by atoms with E-state index in [9.17, 15) is 10.1 Å². The second-order valence-electron chi connectivity index (χ2n) is 5.71. The van der Waals surface area contributed by atoms with Crippen LogP contribution in [-0.4, -0.2) is 27.2 Å². The first kappa shape index (κ1) is 18.9. The van der Waals surface area contributed by atoms with E-state index in [1.165, 1.54) is 23.1 Å². The molecule has 0 saturated heterocycles. The Labute approximate surface area is 173 Å². The number of aromatic nitrogens is 4. The van der Waals surface area contributed by atoms with Crippen LogP contribution in [0.5, 0.6) is 5.75 Å². The molecule has 4 aromatic rings. The molecule has 0 atom stereocenters. The van der Waals surface area contributed by atoms with Gasteiger partial charge in [-0.2, -0.15) is 10.2 Å². The summed E-state index contributed by atoms with van der Waals surface area (Å²) in [7, 11) is 1.57. The highest BCUT2D eigenvalue weighted by Crippen LogP contribution is 2.26. The predicted octanol–water partition coefficient (Wildman–Crippen LogP) is 3.72. The second-order valence-corrected chi connectivity index (χ2v) is 7.62. The molecular weight excluding hydrogens is 410 g/mol. The third kappa shape index (κ3) is 4.06. The monoisotopic (exact) mass is 423 g/mol. The Morgan fingerprint density at radius 1 is 1.28 bits per heavy atom. The lowest BCUT2D eigenvalue weighted by Crippen LogP contribution is -2.14. The Bertz CT molecular complexity index is 1220. The fraction of sp³-hybridized carbons (Fsp3) is 0.105. The number of thioether (sulfide) groups is 1. The predicted molar refractivity (Wildman–Crippen MR) is 109 cm³/mol. The molecule has 1 N–H and O–H groups in total. The fourth-order valence-corrected chi connectivity index (χ4v) is 3.88. The van der Waals surface area contributed by atoms with Gasteiger partial charge in [-0.15, -0.1) is 11.3 Å². The van der Waals surface area contributed by atoms with Crippen molar-refractivity contribution in [1.82, 2.24) is 20.1 Å². The van der Waals surface area contributed by atoms with E-state index in [-0.39, 0.29) is 5.56 Å². The van der Waals surface area contributed by atoms with Crippen molar-refractivity contribution >= 4 is 23.1 Å². The molecule has 0 amide bonds. The van der Waals surface area contributed by atoms with Crippen LogP contribution in [0.1, 0.15) is 11.5 Å². The number of aromatic amines is 1. The highest BCUT2D eigenvalue weighted by atomic mass is 32.2. The number of H-pyrrole nitrogens is 1. The Kier molecular flexibility index (Phi) is 5.41. The molecule has 3 aromatic heterocycles. The minimum absolute atomic E-state index is 0.0442. The standard InChI is InChI=1S/C19H13N5O3S2/c1-26-12-6-4-11(5-7-12)16-13(9-20)18(25)23-19(22-16)29-10-15-21-17(24-27-15)14-3-2-8-28-14/h2-8H,10H2,1H3,(H,22,23,25). The third-order valence-corrected chi connectivity index (χ3v) is 5.64. The van der Waals surface area contributed by atoms with Crippen molar-refractivity contribution in [2.75, 3.05) is 7.11 Å². The summed E-state index contributed by atoms with van der Waals surface area (Å²) in [6.07, 6.45) is 0. The summed E-state index contributed by atoms with van der Waals surface area (Å²) in [4.78, 5) is 24.7. The molecule has 0 radical (unpaired) electrons. The van der Waals surface area contributed by atoms with Gasteiger partial charge >= 0.3 is 0 Å². The molecule has 144 valence electrons. The average molecular weight is 423 g/mol. The lowest BCUT2D eigenvalue weighted by Gasteiger charge is -2.06. The van der Waals surface area contributed by atoms with Gasteiger partial charge < -0.3 is 14.2 Å². The Morgan fingerprint density at radius 2 is 2.10 bits per heavy atom. The first-order chi connectivity index (χ1) is 14.2. The summed E-state index contributed by atoms with van der Waals surface area (Å²) in [5, 5.41) is 15.6. The number of nitrogens with zero attached hydrogens (tertiary/aromatic N) is 4. The maximum absolute atomic E-state index is 12.4. The summed E-state index contributed by atoms with van der Waals surface area (Å²) in [5.41, 5.74) is 0.414. The van der Waals surface area contributed by atoms with Crippen LogP contribution in [0.4, 0.5) is 0 Å². The van der Waals surface area contributed by atoms with E-state index in [1.807, 2.05) is 23.6 Å². The van der Waals surface area contributed by atoms with Crippen LogP contribution in [0.2, 0.25) is 0 Å². The van der Waals surface area contributed by atoms with E-state index in [1.54, 1.807) is 31.4 Å². The van der Waals surface area contributed by atoms with Gasteiger partial charge in [-0.05, 0) is 35.7 Å². The fourth-order valence-electron chi connectivity index (χ4n) is 2.53. The van der Waals surface area contributed by atoms with Crippen molar-refractivity contribution in [3.05, 3.63) is 63.6 Å². The molecule has 0 fully saturated rings. The molecule has 0 bridgehead atoms. The van der Waals surface area contributed by atoms with E-state index in [2.05, 4.69) is 20.1 Å². The minimum atomic E-state index is -0.499. The molecule has 0 aliphatic carbocycles.